The molecule has 0 atom stereocenters. The topological polar surface area (TPSA) is 109 Å². The summed E-state index contributed by atoms with van der Waals surface area (Å²) in [7, 11) is 3.18. The first-order chi connectivity index (χ1) is 9.19. The first-order valence-corrected chi connectivity index (χ1v) is 5.57. The fourth-order valence-corrected chi connectivity index (χ4v) is 1.15. The van der Waals surface area contributed by atoms with Crippen molar-refractivity contribution in [3.63, 3.8) is 0 Å². The van der Waals surface area contributed by atoms with Crippen LogP contribution < -0.4 is 10.1 Å². The molecule has 0 unspecified atom stereocenters. The van der Waals surface area contributed by atoms with Gasteiger partial charge in [0.25, 0.3) is 5.88 Å². The van der Waals surface area contributed by atoms with Crippen LogP contribution in [-0.2, 0) is 9.47 Å². The standard InChI is InChI=1S/C10H16N4O5/c1-11-10-12-7-8(14(15)16)9(13-10)19-6-5-18-4-3-17-2/h7H,3-6H2,1-2H3,(H,11,12,13). The van der Waals surface area contributed by atoms with E-state index in [0.29, 0.717) is 19.8 Å². The van der Waals surface area contributed by atoms with E-state index in [1.54, 1.807) is 14.2 Å². The Hall–Kier alpha value is -2.00. The fraction of sp³-hybridized carbons (Fsp3) is 0.600. The summed E-state index contributed by atoms with van der Waals surface area (Å²) in [6.45, 7) is 1.37. The van der Waals surface area contributed by atoms with Crippen molar-refractivity contribution < 1.29 is 19.1 Å². The van der Waals surface area contributed by atoms with Crippen molar-refractivity contribution in [2.24, 2.45) is 0 Å². The molecule has 0 aromatic carbocycles. The number of nitro groups is 1. The number of hydrogen-bond acceptors (Lipinski definition) is 8. The molecular weight excluding hydrogens is 256 g/mol. The summed E-state index contributed by atoms with van der Waals surface area (Å²) in [6, 6.07) is 0. The van der Waals surface area contributed by atoms with Crippen LogP contribution in [0.3, 0.4) is 0 Å². The van der Waals surface area contributed by atoms with E-state index in [1.165, 1.54) is 0 Å². The van der Waals surface area contributed by atoms with Crippen LogP contribution in [-0.4, -0.2) is 55.5 Å². The molecule has 0 bridgehead atoms. The van der Waals surface area contributed by atoms with Gasteiger partial charge in [0.1, 0.15) is 12.8 Å². The van der Waals surface area contributed by atoms with Gasteiger partial charge in [-0.2, -0.15) is 4.98 Å². The molecule has 0 aliphatic carbocycles. The maximum absolute atomic E-state index is 10.8. The predicted octanol–water partition coefficient (Wildman–Crippen LogP) is 0.468. The van der Waals surface area contributed by atoms with Crippen molar-refractivity contribution in [3.8, 4) is 5.88 Å². The Bertz CT molecular complexity index is 415. The molecule has 0 saturated heterocycles. The van der Waals surface area contributed by atoms with E-state index in [0.717, 1.165) is 6.20 Å². The minimum Gasteiger partial charge on any atom is -0.470 e. The molecule has 9 nitrogen and oxygen atoms in total. The summed E-state index contributed by atoms with van der Waals surface area (Å²) in [5.41, 5.74) is -0.282. The van der Waals surface area contributed by atoms with Gasteiger partial charge in [-0.1, -0.05) is 0 Å². The van der Waals surface area contributed by atoms with Gasteiger partial charge in [-0.25, -0.2) is 4.98 Å². The lowest BCUT2D eigenvalue weighted by atomic mass is 10.5. The molecule has 0 amide bonds. The summed E-state index contributed by atoms with van der Waals surface area (Å²) in [6.07, 6.45) is 1.10. The van der Waals surface area contributed by atoms with Gasteiger partial charge in [0.05, 0.1) is 24.7 Å². The summed E-state index contributed by atoms with van der Waals surface area (Å²) in [5, 5.41) is 13.5. The largest absolute Gasteiger partial charge is 0.470 e. The normalized spacial score (nSPS) is 10.2. The molecular formula is C10H16N4O5. The number of nitrogens with zero attached hydrogens (tertiary/aromatic N) is 3. The third-order valence-electron chi connectivity index (χ3n) is 2.05. The lowest BCUT2D eigenvalue weighted by Gasteiger charge is -2.07. The first-order valence-electron chi connectivity index (χ1n) is 5.57. The van der Waals surface area contributed by atoms with Crippen LogP contribution in [0.4, 0.5) is 11.6 Å². The molecule has 106 valence electrons. The van der Waals surface area contributed by atoms with Crippen LogP contribution in [0, 0.1) is 10.1 Å². The molecule has 9 heteroatoms. The van der Waals surface area contributed by atoms with Gasteiger partial charge in [-0.15, -0.1) is 0 Å². The number of nitrogens with one attached hydrogen (secondary N) is 1. The molecule has 0 aliphatic rings. The summed E-state index contributed by atoms with van der Waals surface area (Å²) in [4.78, 5) is 17.8. The van der Waals surface area contributed by atoms with E-state index in [-0.39, 0.29) is 24.1 Å². The zero-order chi connectivity index (χ0) is 14.1. The number of aromatic nitrogens is 2. The van der Waals surface area contributed by atoms with E-state index in [2.05, 4.69) is 15.3 Å². The molecule has 0 aliphatic heterocycles. The fourth-order valence-electron chi connectivity index (χ4n) is 1.15. The highest BCUT2D eigenvalue weighted by Crippen LogP contribution is 2.24. The number of anilines is 1. The Morgan fingerprint density at radius 1 is 1.37 bits per heavy atom. The molecule has 1 aromatic heterocycles. The lowest BCUT2D eigenvalue weighted by molar-refractivity contribution is -0.386. The van der Waals surface area contributed by atoms with Gasteiger partial charge >= 0.3 is 5.69 Å². The quantitative estimate of drug-likeness (QED) is 0.392. The molecule has 0 saturated carbocycles. The number of ether oxygens (including phenoxy) is 3. The van der Waals surface area contributed by atoms with Gasteiger partial charge in [0, 0.05) is 14.2 Å². The SMILES string of the molecule is CNc1ncc([N+](=O)[O-])c(OCCOCCOC)n1. The van der Waals surface area contributed by atoms with Crippen LogP contribution in [0.2, 0.25) is 0 Å². The lowest BCUT2D eigenvalue weighted by Crippen LogP contribution is -2.12. The molecule has 0 fully saturated rings. The Morgan fingerprint density at radius 3 is 2.74 bits per heavy atom. The zero-order valence-corrected chi connectivity index (χ0v) is 10.8. The van der Waals surface area contributed by atoms with Crippen molar-refractivity contribution in [3.05, 3.63) is 16.3 Å². The number of methoxy groups -OCH3 is 1. The molecule has 0 spiro atoms. The van der Waals surface area contributed by atoms with E-state index in [4.69, 9.17) is 14.2 Å². The maximum Gasteiger partial charge on any atom is 0.349 e. The van der Waals surface area contributed by atoms with Crippen molar-refractivity contribution in [1.82, 2.24) is 9.97 Å². The van der Waals surface area contributed by atoms with Crippen LogP contribution in [0.1, 0.15) is 0 Å². The van der Waals surface area contributed by atoms with E-state index in [9.17, 15) is 10.1 Å². The highest BCUT2D eigenvalue weighted by atomic mass is 16.6. The minimum atomic E-state index is -0.597. The smallest absolute Gasteiger partial charge is 0.349 e. The second kappa shape index (κ2) is 8.16. The van der Waals surface area contributed by atoms with E-state index < -0.39 is 4.92 Å². The Kier molecular flexibility index (Phi) is 6.47. The van der Waals surface area contributed by atoms with Crippen molar-refractivity contribution in [1.29, 1.82) is 0 Å². The van der Waals surface area contributed by atoms with Crippen LogP contribution in [0.15, 0.2) is 6.20 Å². The first kappa shape index (κ1) is 15.1. The average Bonchev–Trinajstić information content (AvgIpc) is 2.42. The summed E-state index contributed by atoms with van der Waals surface area (Å²) in [5.74, 6) is 0.167. The third kappa shape index (κ3) is 5.02. The molecule has 1 heterocycles. The molecule has 1 aromatic rings. The maximum atomic E-state index is 10.8. The molecule has 1 N–H and O–H groups in total. The van der Waals surface area contributed by atoms with Crippen LogP contribution in [0.5, 0.6) is 5.88 Å². The van der Waals surface area contributed by atoms with Gasteiger partial charge in [-0.3, -0.25) is 10.1 Å². The number of rotatable bonds is 9. The summed E-state index contributed by atoms with van der Waals surface area (Å²) < 4.78 is 15.2. The second-order valence-electron chi connectivity index (χ2n) is 3.34. The minimum absolute atomic E-state index is 0.0836. The summed E-state index contributed by atoms with van der Waals surface area (Å²) >= 11 is 0. The van der Waals surface area contributed by atoms with Gasteiger partial charge in [0.15, 0.2) is 0 Å². The zero-order valence-electron chi connectivity index (χ0n) is 10.8. The highest BCUT2D eigenvalue weighted by molar-refractivity contribution is 5.42. The third-order valence-corrected chi connectivity index (χ3v) is 2.05. The van der Waals surface area contributed by atoms with Crippen molar-refractivity contribution >= 4 is 11.6 Å². The molecule has 0 radical (unpaired) electrons. The van der Waals surface area contributed by atoms with Crippen molar-refractivity contribution in [2.45, 2.75) is 0 Å². The van der Waals surface area contributed by atoms with Crippen molar-refractivity contribution in [2.75, 3.05) is 45.9 Å². The monoisotopic (exact) mass is 272 g/mol. The average molecular weight is 272 g/mol. The predicted molar refractivity (Wildman–Crippen MR) is 66.4 cm³/mol. The van der Waals surface area contributed by atoms with Gasteiger partial charge in [-0.05, 0) is 0 Å². The van der Waals surface area contributed by atoms with E-state index in [1.807, 2.05) is 0 Å². The number of hydrogen-bond donors (Lipinski definition) is 1. The highest BCUT2D eigenvalue weighted by Gasteiger charge is 2.18. The Labute approximate surface area is 110 Å². The Morgan fingerprint density at radius 2 is 2.11 bits per heavy atom. The van der Waals surface area contributed by atoms with Gasteiger partial charge < -0.3 is 19.5 Å². The molecule has 19 heavy (non-hydrogen) atoms. The van der Waals surface area contributed by atoms with E-state index >= 15 is 0 Å². The molecule has 1 rings (SSSR count). The van der Waals surface area contributed by atoms with Crippen LogP contribution >= 0.6 is 0 Å². The van der Waals surface area contributed by atoms with Gasteiger partial charge in [0.2, 0.25) is 5.95 Å². The van der Waals surface area contributed by atoms with Crippen LogP contribution in [0.25, 0.3) is 0 Å². The Balaban J connectivity index is 2.52. The second-order valence-corrected chi connectivity index (χ2v) is 3.34.